The Kier molecular flexibility index (Phi) is 11.1. The van der Waals surface area contributed by atoms with Crippen molar-refractivity contribution in [3.63, 3.8) is 0 Å². The second-order valence-electron chi connectivity index (χ2n) is 12.0. The standard InChI is InChI=1S/C34H35Cl2N7O5S/c1-48-32-20(15-37-16-21-6-8-27(44)40-21)5-7-25(42-32)23-9-12-38-30(29(23)36)24-3-2-4-26(28(24)35)41-31(45)33-39-17-22(49-33)18-43-13-10-19(11-14-43)34(46)47/h2-5,7,9,12,17,19,21,37H,6,8,10-11,13-16,18H2,1H3,(H,40,44)(H,41,45)(H,46,47). The lowest BCUT2D eigenvalue weighted by Crippen LogP contribution is -2.35. The number of hydrogen-bond donors (Lipinski definition) is 4. The molecule has 2 aliphatic rings. The first-order valence-corrected chi connectivity index (χ1v) is 17.5. The maximum absolute atomic E-state index is 13.2. The Hall–Kier alpha value is -4.14. The smallest absolute Gasteiger partial charge is 0.306 e. The van der Waals surface area contributed by atoms with Crippen molar-refractivity contribution < 1.29 is 24.2 Å². The van der Waals surface area contributed by atoms with E-state index in [4.69, 9.17) is 32.9 Å². The van der Waals surface area contributed by atoms with E-state index < -0.39 is 11.9 Å². The lowest BCUT2D eigenvalue weighted by Gasteiger charge is -2.29. The van der Waals surface area contributed by atoms with Gasteiger partial charge in [-0.25, -0.2) is 9.97 Å². The number of rotatable bonds is 12. The van der Waals surface area contributed by atoms with Crippen LogP contribution in [0.15, 0.2) is 48.8 Å². The van der Waals surface area contributed by atoms with Crippen molar-refractivity contribution >= 4 is 58.0 Å². The van der Waals surface area contributed by atoms with E-state index in [1.807, 2.05) is 12.1 Å². The highest BCUT2D eigenvalue weighted by atomic mass is 35.5. The second kappa shape index (κ2) is 15.6. The van der Waals surface area contributed by atoms with Gasteiger partial charge < -0.3 is 25.8 Å². The van der Waals surface area contributed by atoms with E-state index in [-0.39, 0.29) is 22.9 Å². The highest BCUT2D eigenvalue weighted by Crippen LogP contribution is 2.40. The highest BCUT2D eigenvalue weighted by Gasteiger charge is 2.26. The van der Waals surface area contributed by atoms with Gasteiger partial charge in [-0.1, -0.05) is 41.4 Å². The van der Waals surface area contributed by atoms with Crippen LogP contribution in [0.1, 0.15) is 45.9 Å². The molecule has 2 saturated heterocycles. The second-order valence-corrected chi connectivity index (χ2v) is 13.8. The molecule has 0 bridgehead atoms. The molecule has 49 heavy (non-hydrogen) atoms. The average Bonchev–Trinajstić information content (AvgIpc) is 3.75. The maximum atomic E-state index is 13.2. The number of nitrogens with zero attached hydrogens (tertiary/aromatic N) is 4. The highest BCUT2D eigenvalue weighted by molar-refractivity contribution is 7.13. The topological polar surface area (TPSA) is 159 Å². The van der Waals surface area contributed by atoms with Gasteiger partial charge in [0.1, 0.15) is 0 Å². The molecule has 0 saturated carbocycles. The van der Waals surface area contributed by atoms with Crippen LogP contribution in [0.25, 0.3) is 22.5 Å². The summed E-state index contributed by atoms with van der Waals surface area (Å²) in [7, 11) is 1.56. The van der Waals surface area contributed by atoms with E-state index >= 15 is 0 Å². The number of aromatic nitrogens is 3. The molecule has 5 heterocycles. The minimum atomic E-state index is -0.744. The largest absolute Gasteiger partial charge is 0.481 e. The van der Waals surface area contributed by atoms with Gasteiger partial charge in [0.2, 0.25) is 11.8 Å². The number of carbonyl (C=O) groups is 3. The predicted octanol–water partition coefficient (Wildman–Crippen LogP) is 5.50. The lowest BCUT2D eigenvalue weighted by molar-refractivity contribution is -0.143. The molecule has 4 aromatic rings. The summed E-state index contributed by atoms with van der Waals surface area (Å²) < 4.78 is 5.59. The molecular weight excluding hydrogens is 689 g/mol. The number of anilines is 1. The number of thiazole rings is 1. The molecule has 2 aliphatic heterocycles. The third-order valence-electron chi connectivity index (χ3n) is 8.65. The zero-order chi connectivity index (χ0) is 34.5. The third kappa shape index (κ3) is 8.19. The van der Waals surface area contributed by atoms with E-state index in [1.165, 1.54) is 11.3 Å². The molecule has 1 atom stereocenters. The molecule has 0 radical (unpaired) electrons. The van der Waals surface area contributed by atoms with E-state index in [0.29, 0.717) is 96.1 Å². The van der Waals surface area contributed by atoms with E-state index in [1.54, 1.807) is 43.8 Å². The van der Waals surface area contributed by atoms with Crippen LogP contribution in [0.5, 0.6) is 5.88 Å². The van der Waals surface area contributed by atoms with Crippen LogP contribution in [-0.4, -0.2) is 75.5 Å². The van der Waals surface area contributed by atoms with Gasteiger partial charge in [0, 0.05) is 66.1 Å². The minimum absolute atomic E-state index is 0.0800. The first kappa shape index (κ1) is 34.7. The van der Waals surface area contributed by atoms with Gasteiger partial charge in [0.15, 0.2) is 5.01 Å². The van der Waals surface area contributed by atoms with Crippen molar-refractivity contribution in [1.82, 2.24) is 30.5 Å². The number of halogens is 2. The number of likely N-dealkylation sites (tertiary alicyclic amines) is 1. The first-order valence-electron chi connectivity index (χ1n) is 15.9. The van der Waals surface area contributed by atoms with Crippen molar-refractivity contribution in [2.24, 2.45) is 5.92 Å². The zero-order valence-corrected chi connectivity index (χ0v) is 29.0. The Labute approximate surface area is 297 Å². The maximum Gasteiger partial charge on any atom is 0.306 e. The summed E-state index contributed by atoms with van der Waals surface area (Å²) in [6, 6.07) is 10.9. The number of carboxylic acid groups (broad SMARTS) is 1. The number of benzene rings is 1. The van der Waals surface area contributed by atoms with E-state index in [2.05, 4.69) is 30.8 Å². The van der Waals surface area contributed by atoms with Gasteiger partial charge in [-0.2, -0.15) is 0 Å². The fraction of sp³-hybridized carbons (Fsp3) is 0.353. The van der Waals surface area contributed by atoms with Crippen LogP contribution in [0.2, 0.25) is 10.0 Å². The van der Waals surface area contributed by atoms with E-state index in [0.717, 1.165) is 16.9 Å². The van der Waals surface area contributed by atoms with Crippen molar-refractivity contribution in [3.05, 3.63) is 74.3 Å². The Balaban J connectivity index is 1.13. The molecule has 0 aliphatic carbocycles. The number of methoxy groups -OCH3 is 1. The van der Waals surface area contributed by atoms with Gasteiger partial charge in [0.25, 0.3) is 5.91 Å². The molecule has 0 spiro atoms. The number of nitrogens with one attached hydrogen (secondary N) is 3. The fourth-order valence-electron chi connectivity index (χ4n) is 6.00. The number of amides is 2. The van der Waals surface area contributed by atoms with Gasteiger partial charge in [0.05, 0.1) is 40.1 Å². The molecule has 15 heteroatoms. The van der Waals surface area contributed by atoms with Crippen LogP contribution in [-0.2, 0) is 22.7 Å². The average molecular weight is 725 g/mol. The molecule has 4 N–H and O–H groups in total. The molecule has 6 rings (SSSR count). The van der Waals surface area contributed by atoms with Gasteiger partial charge in [-0.3, -0.25) is 24.3 Å². The van der Waals surface area contributed by atoms with E-state index in [9.17, 15) is 19.5 Å². The number of hydrogen-bond acceptors (Lipinski definition) is 10. The number of carbonyl (C=O) groups excluding carboxylic acids is 2. The third-order valence-corrected chi connectivity index (χ3v) is 10.4. The summed E-state index contributed by atoms with van der Waals surface area (Å²) in [4.78, 5) is 52.6. The number of ether oxygens (including phenoxy) is 1. The van der Waals surface area contributed by atoms with Crippen molar-refractivity contribution in [2.75, 3.05) is 32.1 Å². The van der Waals surface area contributed by atoms with Crippen LogP contribution >= 0.6 is 34.5 Å². The Morgan fingerprint density at radius 2 is 1.90 bits per heavy atom. The van der Waals surface area contributed by atoms with Crippen LogP contribution in [0.4, 0.5) is 5.69 Å². The Morgan fingerprint density at radius 1 is 1.08 bits per heavy atom. The van der Waals surface area contributed by atoms with Crippen LogP contribution < -0.4 is 20.7 Å². The summed E-state index contributed by atoms with van der Waals surface area (Å²) in [5.41, 5.74) is 3.42. The quantitative estimate of drug-likeness (QED) is 0.147. The van der Waals surface area contributed by atoms with Gasteiger partial charge >= 0.3 is 5.97 Å². The molecule has 256 valence electrons. The molecule has 12 nitrogen and oxygen atoms in total. The molecule has 1 aromatic carbocycles. The summed E-state index contributed by atoms with van der Waals surface area (Å²) in [6.07, 6.45) is 5.89. The van der Waals surface area contributed by atoms with Crippen LogP contribution in [0, 0.1) is 5.92 Å². The van der Waals surface area contributed by atoms with Crippen molar-refractivity contribution in [2.45, 2.75) is 44.8 Å². The van der Waals surface area contributed by atoms with Crippen molar-refractivity contribution in [3.8, 4) is 28.4 Å². The molecule has 2 amide bonds. The monoisotopic (exact) mass is 723 g/mol. The normalized spacial score (nSPS) is 16.8. The van der Waals surface area contributed by atoms with Gasteiger partial charge in [-0.15, -0.1) is 11.3 Å². The van der Waals surface area contributed by atoms with Crippen LogP contribution in [0.3, 0.4) is 0 Å². The minimum Gasteiger partial charge on any atom is -0.481 e. The molecule has 1 unspecified atom stereocenters. The lowest BCUT2D eigenvalue weighted by atomic mass is 9.97. The molecular formula is C34H35Cl2N7O5S. The number of piperidine rings is 1. The number of carboxylic acids is 1. The Morgan fingerprint density at radius 3 is 2.63 bits per heavy atom. The molecule has 3 aromatic heterocycles. The van der Waals surface area contributed by atoms with Crippen molar-refractivity contribution in [1.29, 1.82) is 0 Å². The Bertz CT molecular complexity index is 1860. The summed E-state index contributed by atoms with van der Waals surface area (Å²) in [5.74, 6) is -0.911. The van der Waals surface area contributed by atoms with Gasteiger partial charge in [-0.05, 0) is 50.6 Å². The number of pyridine rings is 2. The molecule has 2 fully saturated rings. The zero-order valence-electron chi connectivity index (χ0n) is 26.7. The fourth-order valence-corrected chi connectivity index (χ4v) is 7.43. The number of aliphatic carboxylic acids is 1. The first-order chi connectivity index (χ1) is 23.7. The summed E-state index contributed by atoms with van der Waals surface area (Å²) in [5, 5.41) is 19.3. The predicted molar refractivity (Wildman–Crippen MR) is 188 cm³/mol. The summed E-state index contributed by atoms with van der Waals surface area (Å²) in [6.45, 7) is 3.15. The summed E-state index contributed by atoms with van der Waals surface area (Å²) >= 11 is 15.1. The SMILES string of the molecule is COc1nc(-c2ccnc(-c3cccc(NC(=O)c4ncc(CN5CCC(C(=O)O)CC5)s4)c3Cl)c2Cl)ccc1CNCC1CCC(=O)N1.